The molecular formula is C7H7ClO. The summed E-state index contributed by atoms with van der Waals surface area (Å²) < 4.78 is 0. The van der Waals surface area contributed by atoms with Crippen molar-refractivity contribution in [2.45, 2.75) is 0 Å². The van der Waals surface area contributed by atoms with E-state index in [1.807, 2.05) is 37.1 Å². The van der Waals surface area contributed by atoms with E-state index in [1.165, 1.54) is 0 Å². The van der Waals surface area contributed by atoms with Crippen LogP contribution in [0, 0.1) is 0 Å². The summed E-state index contributed by atoms with van der Waals surface area (Å²) in [6, 6.07) is 9.44. The zero-order valence-corrected chi connectivity index (χ0v) is 5.64. The Balaban J connectivity index is 0.000000291. The SMILES string of the molecule is C=O.Clc1ccccc1. The monoisotopic (exact) mass is 142 g/mol. The number of carbonyl (C=O) groups excluding carboxylic acids is 1. The highest BCUT2D eigenvalue weighted by Gasteiger charge is 1.74. The van der Waals surface area contributed by atoms with Crippen molar-refractivity contribution in [3.63, 3.8) is 0 Å². The van der Waals surface area contributed by atoms with Gasteiger partial charge in [-0.2, -0.15) is 0 Å². The Bertz CT molecular complexity index is 150. The number of hydrogen-bond donors (Lipinski definition) is 0. The van der Waals surface area contributed by atoms with Crippen molar-refractivity contribution >= 4 is 18.4 Å². The first kappa shape index (κ1) is 8.18. The topological polar surface area (TPSA) is 17.1 Å². The predicted molar refractivity (Wildman–Crippen MR) is 38.6 cm³/mol. The molecule has 0 aliphatic rings. The Labute approximate surface area is 59.3 Å². The number of benzene rings is 1. The van der Waals surface area contributed by atoms with Gasteiger partial charge in [0, 0.05) is 5.02 Å². The summed E-state index contributed by atoms with van der Waals surface area (Å²) in [5.41, 5.74) is 0. The van der Waals surface area contributed by atoms with Crippen molar-refractivity contribution in [2.24, 2.45) is 0 Å². The highest BCUT2D eigenvalue weighted by atomic mass is 35.5. The summed E-state index contributed by atoms with van der Waals surface area (Å²) in [6.45, 7) is 2.00. The number of rotatable bonds is 0. The van der Waals surface area contributed by atoms with E-state index in [1.54, 1.807) is 0 Å². The molecule has 1 aromatic carbocycles. The molecule has 0 atom stereocenters. The normalized spacial score (nSPS) is 7.22. The molecule has 1 nitrogen and oxygen atoms in total. The molecule has 0 bridgehead atoms. The van der Waals surface area contributed by atoms with Gasteiger partial charge in [0.05, 0.1) is 0 Å². The molecule has 0 aliphatic heterocycles. The highest BCUT2D eigenvalue weighted by molar-refractivity contribution is 6.30. The van der Waals surface area contributed by atoms with Gasteiger partial charge < -0.3 is 4.79 Å². The molecule has 0 saturated heterocycles. The van der Waals surface area contributed by atoms with Crippen molar-refractivity contribution in [1.82, 2.24) is 0 Å². The molecule has 0 spiro atoms. The van der Waals surface area contributed by atoms with E-state index in [9.17, 15) is 0 Å². The Morgan fingerprint density at radius 1 is 1.11 bits per heavy atom. The lowest BCUT2D eigenvalue weighted by molar-refractivity contribution is -0.0979. The maximum absolute atomic E-state index is 8.00. The van der Waals surface area contributed by atoms with E-state index < -0.39 is 0 Å². The van der Waals surface area contributed by atoms with Gasteiger partial charge in [-0.25, -0.2) is 0 Å². The van der Waals surface area contributed by atoms with Gasteiger partial charge in [0.1, 0.15) is 6.79 Å². The second kappa shape index (κ2) is 5.32. The Hall–Kier alpha value is -0.820. The molecule has 1 rings (SSSR count). The molecule has 1 aromatic rings. The van der Waals surface area contributed by atoms with Crippen LogP contribution in [0.2, 0.25) is 5.02 Å². The third-order valence-electron chi connectivity index (χ3n) is 0.733. The van der Waals surface area contributed by atoms with E-state index in [2.05, 4.69) is 0 Å². The van der Waals surface area contributed by atoms with Gasteiger partial charge in [0.25, 0.3) is 0 Å². The second-order valence-corrected chi connectivity index (χ2v) is 1.73. The van der Waals surface area contributed by atoms with Crippen LogP contribution in [0.1, 0.15) is 0 Å². The fourth-order valence-corrected chi connectivity index (χ4v) is 0.560. The molecule has 2 heteroatoms. The van der Waals surface area contributed by atoms with Crippen LogP contribution in [-0.4, -0.2) is 6.79 Å². The summed E-state index contributed by atoms with van der Waals surface area (Å²) in [7, 11) is 0. The van der Waals surface area contributed by atoms with Crippen LogP contribution in [-0.2, 0) is 4.79 Å². The van der Waals surface area contributed by atoms with Gasteiger partial charge in [0.2, 0.25) is 0 Å². The zero-order chi connectivity index (χ0) is 7.11. The van der Waals surface area contributed by atoms with Crippen molar-refractivity contribution in [2.75, 3.05) is 0 Å². The minimum Gasteiger partial charge on any atom is -0.307 e. The standard InChI is InChI=1S/C6H5Cl.CH2O/c7-6-4-2-1-3-5-6;1-2/h1-5H;1H2. The number of hydrogen-bond acceptors (Lipinski definition) is 1. The van der Waals surface area contributed by atoms with E-state index in [0.29, 0.717) is 0 Å². The minimum atomic E-state index is 0.794. The van der Waals surface area contributed by atoms with Gasteiger partial charge in [0.15, 0.2) is 0 Å². The van der Waals surface area contributed by atoms with Gasteiger partial charge in [-0.3, -0.25) is 0 Å². The van der Waals surface area contributed by atoms with Gasteiger partial charge >= 0.3 is 0 Å². The first-order chi connectivity index (χ1) is 4.39. The largest absolute Gasteiger partial charge is 0.307 e. The molecule has 0 aliphatic carbocycles. The molecule has 0 heterocycles. The molecule has 0 N–H and O–H groups in total. The maximum atomic E-state index is 8.00. The third-order valence-corrected chi connectivity index (χ3v) is 0.985. The summed E-state index contributed by atoms with van der Waals surface area (Å²) in [6.07, 6.45) is 0. The Morgan fingerprint density at radius 2 is 1.56 bits per heavy atom. The second-order valence-electron chi connectivity index (χ2n) is 1.30. The lowest BCUT2D eigenvalue weighted by Gasteiger charge is -1.80. The summed E-state index contributed by atoms with van der Waals surface area (Å²) in [5, 5.41) is 0.794. The average molecular weight is 143 g/mol. The maximum Gasteiger partial charge on any atom is 0.106 e. The van der Waals surface area contributed by atoms with Crippen molar-refractivity contribution in [1.29, 1.82) is 0 Å². The summed E-state index contributed by atoms with van der Waals surface area (Å²) in [5.74, 6) is 0. The van der Waals surface area contributed by atoms with Crippen molar-refractivity contribution < 1.29 is 4.79 Å². The van der Waals surface area contributed by atoms with Crippen LogP contribution in [0.25, 0.3) is 0 Å². The fourth-order valence-electron chi connectivity index (χ4n) is 0.415. The van der Waals surface area contributed by atoms with Crippen LogP contribution in [0.5, 0.6) is 0 Å². The van der Waals surface area contributed by atoms with E-state index in [-0.39, 0.29) is 0 Å². The quantitative estimate of drug-likeness (QED) is 0.543. The minimum absolute atomic E-state index is 0.794. The number of carbonyl (C=O) groups is 1. The molecule has 0 fully saturated rings. The summed E-state index contributed by atoms with van der Waals surface area (Å²) in [4.78, 5) is 8.00. The van der Waals surface area contributed by atoms with Gasteiger partial charge in [-0.15, -0.1) is 0 Å². The molecule has 9 heavy (non-hydrogen) atoms. The first-order valence-electron chi connectivity index (χ1n) is 2.39. The van der Waals surface area contributed by atoms with Crippen LogP contribution >= 0.6 is 11.6 Å². The lowest BCUT2D eigenvalue weighted by Crippen LogP contribution is -1.55. The lowest BCUT2D eigenvalue weighted by atomic mass is 10.4. The first-order valence-corrected chi connectivity index (χ1v) is 2.77. The molecule has 48 valence electrons. The Kier molecular flexibility index (Phi) is 4.83. The van der Waals surface area contributed by atoms with E-state index >= 15 is 0 Å². The number of halogens is 1. The summed E-state index contributed by atoms with van der Waals surface area (Å²) >= 11 is 5.54. The molecule has 0 saturated carbocycles. The molecule has 0 unspecified atom stereocenters. The van der Waals surface area contributed by atoms with E-state index in [4.69, 9.17) is 16.4 Å². The van der Waals surface area contributed by atoms with E-state index in [0.717, 1.165) is 5.02 Å². The van der Waals surface area contributed by atoms with Crippen LogP contribution in [0.3, 0.4) is 0 Å². The van der Waals surface area contributed by atoms with Gasteiger partial charge in [-0.05, 0) is 12.1 Å². The predicted octanol–water partition coefficient (Wildman–Crippen LogP) is 2.16. The van der Waals surface area contributed by atoms with Crippen LogP contribution in [0.15, 0.2) is 30.3 Å². The zero-order valence-electron chi connectivity index (χ0n) is 4.88. The molecule has 0 aromatic heterocycles. The molecular weight excluding hydrogens is 136 g/mol. The highest BCUT2D eigenvalue weighted by Crippen LogP contribution is 2.03. The van der Waals surface area contributed by atoms with Crippen molar-refractivity contribution in [3.8, 4) is 0 Å². The molecule has 0 amide bonds. The fraction of sp³-hybridized carbons (Fsp3) is 0. The Morgan fingerprint density at radius 3 is 1.78 bits per heavy atom. The van der Waals surface area contributed by atoms with Crippen molar-refractivity contribution in [3.05, 3.63) is 35.4 Å². The third kappa shape index (κ3) is 3.74. The average Bonchev–Trinajstić information content (AvgIpc) is 1.94. The smallest absolute Gasteiger partial charge is 0.106 e. The van der Waals surface area contributed by atoms with Gasteiger partial charge in [-0.1, -0.05) is 29.8 Å². The molecule has 0 radical (unpaired) electrons. The van der Waals surface area contributed by atoms with Crippen LogP contribution < -0.4 is 0 Å². The van der Waals surface area contributed by atoms with Crippen LogP contribution in [0.4, 0.5) is 0 Å².